The number of nitriles is 1. The first-order valence-corrected chi connectivity index (χ1v) is 7.75. The van der Waals surface area contributed by atoms with Gasteiger partial charge < -0.3 is 5.73 Å². The molecule has 102 valence electrons. The monoisotopic (exact) mass is 279 g/mol. The van der Waals surface area contributed by atoms with Gasteiger partial charge >= 0.3 is 0 Å². The zero-order valence-corrected chi connectivity index (χ0v) is 11.4. The molecule has 1 aromatic carbocycles. The van der Waals surface area contributed by atoms with Crippen LogP contribution in [0, 0.1) is 11.3 Å². The highest BCUT2D eigenvalue weighted by molar-refractivity contribution is 7.89. The Morgan fingerprint density at radius 2 is 2.21 bits per heavy atom. The summed E-state index contributed by atoms with van der Waals surface area (Å²) in [7, 11) is -3.55. The summed E-state index contributed by atoms with van der Waals surface area (Å²) in [5, 5.41) is 8.86. The Kier molecular flexibility index (Phi) is 4.20. The minimum Gasteiger partial charge on any atom is -0.329 e. The molecular formula is C13H17N3O2S. The van der Waals surface area contributed by atoms with Crippen molar-refractivity contribution in [1.82, 2.24) is 4.31 Å². The quantitative estimate of drug-likeness (QED) is 0.896. The fourth-order valence-electron chi connectivity index (χ4n) is 2.39. The van der Waals surface area contributed by atoms with Crippen molar-refractivity contribution >= 4 is 10.0 Å². The number of nitrogens with zero attached hydrogens (tertiary/aromatic N) is 2. The number of nitrogens with two attached hydrogens (primary N) is 1. The third-order valence-corrected chi connectivity index (χ3v) is 5.36. The van der Waals surface area contributed by atoms with Gasteiger partial charge in [0.15, 0.2) is 0 Å². The average molecular weight is 279 g/mol. The van der Waals surface area contributed by atoms with Crippen molar-refractivity contribution in [1.29, 1.82) is 5.26 Å². The predicted octanol–water partition coefficient (Wildman–Crippen LogP) is 1.06. The predicted molar refractivity (Wildman–Crippen MR) is 71.7 cm³/mol. The van der Waals surface area contributed by atoms with E-state index in [4.69, 9.17) is 11.0 Å². The van der Waals surface area contributed by atoms with Gasteiger partial charge in [0.05, 0.1) is 16.5 Å². The van der Waals surface area contributed by atoms with Crippen LogP contribution in [0.2, 0.25) is 0 Å². The van der Waals surface area contributed by atoms with Crippen LogP contribution in [0.4, 0.5) is 0 Å². The lowest BCUT2D eigenvalue weighted by atomic mass is 10.1. The zero-order valence-electron chi connectivity index (χ0n) is 10.6. The minimum atomic E-state index is -3.55. The average Bonchev–Trinajstić information content (AvgIpc) is 2.47. The molecule has 2 N–H and O–H groups in total. The van der Waals surface area contributed by atoms with Crippen molar-refractivity contribution in [2.24, 2.45) is 5.73 Å². The fraction of sp³-hybridized carbons (Fsp3) is 0.462. The number of sulfonamides is 1. The second kappa shape index (κ2) is 5.70. The third-order valence-electron chi connectivity index (χ3n) is 3.41. The smallest absolute Gasteiger partial charge is 0.243 e. The second-order valence-electron chi connectivity index (χ2n) is 4.64. The Bertz CT molecular complexity index is 592. The first-order valence-electron chi connectivity index (χ1n) is 6.31. The van der Waals surface area contributed by atoms with E-state index < -0.39 is 10.0 Å². The summed E-state index contributed by atoms with van der Waals surface area (Å²) in [4.78, 5) is 0.173. The maximum absolute atomic E-state index is 12.6. The Hall–Kier alpha value is -1.42. The molecular weight excluding hydrogens is 262 g/mol. The molecule has 6 heteroatoms. The van der Waals surface area contributed by atoms with Gasteiger partial charge in [-0.2, -0.15) is 9.57 Å². The SMILES string of the molecule is N#Cc1cccc(S(=O)(=O)N2CCCC[C@@H]2CN)c1. The molecule has 1 aliphatic heterocycles. The fourth-order valence-corrected chi connectivity index (χ4v) is 4.14. The van der Waals surface area contributed by atoms with Crippen LogP contribution in [-0.4, -0.2) is 31.9 Å². The third kappa shape index (κ3) is 2.78. The second-order valence-corrected chi connectivity index (χ2v) is 6.53. The molecule has 1 heterocycles. The van der Waals surface area contributed by atoms with Crippen molar-refractivity contribution in [3.05, 3.63) is 29.8 Å². The van der Waals surface area contributed by atoms with Gasteiger partial charge in [-0.05, 0) is 31.0 Å². The van der Waals surface area contributed by atoms with E-state index in [0.29, 0.717) is 18.7 Å². The van der Waals surface area contributed by atoms with Crippen LogP contribution in [0.15, 0.2) is 29.2 Å². The van der Waals surface area contributed by atoms with Gasteiger partial charge in [-0.25, -0.2) is 8.42 Å². The van der Waals surface area contributed by atoms with E-state index >= 15 is 0 Å². The lowest BCUT2D eigenvalue weighted by Gasteiger charge is -2.33. The van der Waals surface area contributed by atoms with E-state index in [1.807, 2.05) is 6.07 Å². The zero-order chi connectivity index (χ0) is 13.9. The van der Waals surface area contributed by atoms with Crippen molar-refractivity contribution < 1.29 is 8.42 Å². The standard InChI is InChI=1S/C13H17N3O2S/c14-9-11-4-3-6-13(8-11)19(17,18)16-7-2-1-5-12(16)10-15/h3-4,6,8,12H,1-2,5,7,10,15H2/t12-/m1/s1. The minimum absolute atomic E-state index is 0.135. The summed E-state index contributed by atoms with van der Waals surface area (Å²) in [6, 6.07) is 7.95. The van der Waals surface area contributed by atoms with E-state index in [9.17, 15) is 8.42 Å². The topological polar surface area (TPSA) is 87.2 Å². The molecule has 1 fully saturated rings. The Morgan fingerprint density at radius 3 is 2.89 bits per heavy atom. The highest BCUT2D eigenvalue weighted by Gasteiger charge is 2.32. The normalized spacial score (nSPS) is 20.9. The first kappa shape index (κ1) is 14.0. The molecule has 1 aliphatic rings. The summed E-state index contributed by atoms with van der Waals surface area (Å²) >= 11 is 0. The summed E-state index contributed by atoms with van der Waals surface area (Å²) in [6.45, 7) is 0.831. The molecule has 19 heavy (non-hydrogen) atoms. The van der Waals surface area contributed by atoms with Crippen LogP contribution in [0.3, 0.4) is 0 Å². The maximum atomic E-state index is 12.6. The molecule has 1 aromatic rings. The van der Waals surface area contributed by atoms with Gasteiger partial charge in [0, 0.05) is 19.1 Å². The highest BCUT2D eigenvalue weighted by atomic mass is 32.2. The Balaban J connectivity index is 2.38. The molecule has 0 radical (unpaired) electrons. The summed E-state index contributed by atoms with van der Waals surface area (Å²) < 4.78 is 26.7. The van der Waals surface area contributed by atoms with E-state index in [1.54, 1.807) is 12.1 Å². The van der Waals surface area contributed by atoms with Crippen LogP contribution in [0.25, 0.3) is 0 Å². The van der Waals surface area contributed by atoms with Crippen molar-refractivity contribution in [2.75, 3.05) is 13.1 Å². The molecule has 5 nitrogen and oxygen atoms in total. The van der Waals surface area contributed by atoms with E-state index in [0.717, 1.165) is 19.3 Å². The molecule has 0 spiro atoms. The molecule has 1 saturated heterocycles. The van der Waals surface area contributed by atoms with Gasteiger partial charge in [0.2, 0.25) is 10.0 Å². The van der Waals surface area contributed by atoms with Crippen LogP contribution in [0.1, 0.15) is 24.8 Å². The van der Waals surface area contributed by atoms with E-state index in [-0.39, 0.29) is 10.9 Å². The van der Waals surface area contributed by atoms with Crippen molar-refractivity contribution in [2.45, 2.75) is 30.2 Å². The summed E-state index contributed by atoms with van der Waals surface area (Å²) in [5.74, 6) is 0. The number of rotatable bonds is 3. The molecule has 2 rings (SSSR count). The van der Waals surface area contributed by atoms with Gasteiger partial charge in [-0.3, -0.25) is 0 Å². The van der Waals surface area contributed by atoms with Crippen LogP contribution < -0.4 is 5.73 Å². The number of hydrogen-bond acceptors (Lipinski definition) is 4. The van der Waals surface area contributed by atoms with Crippen LogP contribution in [-0.2, 0) is 10.0 Å². The molecule has 0 aliphatic carbocycles. The summed E-state index contributed by atoms with van der Waals surface area (Å²) in [5.41, 5.74) is 6.02. The van der Waals surface area contributed by atoms with E-state index in [2.05, 4.69) is 0 Å². The number of piperidine rings is 1. The van der Waals surface area contributed by atoms with E-state index in [1.165, 1.54) is 16.4 Å². The molecule has 0 unspecified atom stereocenters. The maximum Gasteiger partial charge on any atom is 0.243 e. The van der Waals surface area contributed by atoms with Crippen LogP contribution in [0.5, 0.6) is 0 Å². The molecule has 0 aromatic heterocycles. The van der Waals surface area contributed by atoms with Gasteiger partial charge in [-0.1, -0.05) is 12.5 Å². The Morgan fingerprint density at radius 1 is 1.42 bits per heavy atom. The first-order chi connectivity index (χ1) is 9.09. The van der Waals surface area contributed by atoms with Crippen molar-refractivity contribution in [3.63, 3.8) is 0 Å². The number of hydrogen-bond donors (Lipinski definition) is 1. The lowest BCUT2D eigenvalue weighted by molar-refractivity contribution is 0.257. The Labute approximate surface area is 113 Å². The lowest BCUT2D eigenvalue weighted by Crippen LogP contribution is -2.47. The van der Waals surface area contributed by atoms with Gasteiger partial charge in [-0.15, -0.1) is 0 Å². The van der Waals surface area contributed by atoms with Crippen molar-refractivity contribution in [3.8, 4) is 6.07 Å². The molecule has 0 bridgehead atoms. The molecule has 1 atom stereocenters. The molecule has 0 amide bonds. The summed E-state index contributed by atoms with van der Waals surface area (Å²) in [6.07, 6.45) is 2.66. The largest absolute Gasteiger partial charge is 0.329 e. The highest BCUT2D eigenvalue weighted by Crippen LogP contribution is 2.25. The van der Waals surface area contributed by atoms with Gasteiger partial charge in [0.25, 0.3) is 0 Å². The molecule has 0 saturated carbocycles. The van der Waals surface area contributed by atoms with Crippen LogP contribution >= 0.6 is 0 Å². The number of benzene rings is 1. The van der Waals surface area contributed by atoms with Gasteiger partial charge in [0.1, 0.15) is 0 Å².